The number of nitrogens with zero attached hydrogens (tertiary/aromatic N) is 1. The van der Waals surface area contributed by atoms with Crippen molar-refractivity contribution in [3.05, 3.63) is 53.2 Å². The van der Waals surface area contributed by atoms with Crippen molar-refractivity contribution in [2.75, 3.05) is 20.5 Å². The SMILES string of the molecule is CCCCOc1ccc(C=C2N=C(c3ccc4c(c3)OCO4)OC2=O)cc1OC. The number of hydrogen-bond acceptors (Lipinski definition) is 7. The van der Waals surface area contributed by atoms with E-state index in [9.17, 15) is 4.79 Å². The maximum Gasteiger partial charge on any atom is 0.363 e. The van der Waals surface area contributed by atoms with Gasteiger partial charge in [-0.15, -0.1) is 0 Å². The lowest BCUT2D eigenvalue weighted by Crippen LogP contribution is -2.05. The third-order valence-electron chi connectivity index (χ3n) is 4.49. The Balaban J connectivity index is 1.56. The number of carbonyl (C=O) groups excluding carboxylic acids is 1. The van der Waals surface area contributed by atoms with Gasteiger partial charge in [-0.25, -0.2) is 9.79 Å². The van der Waals surface area contributed by atoms with Gasteiger partial charge in [-0.05, 0) is 48.4 Å². The lowest BCUT2D eigenvalue weighted by Gasteiger charge is -2.10. The van der Waals surface area contributed by atoms with Crippen molar-refractivity contribution in [2.24, 2.45) is 4.99 Å². The number of cyclic esters (lactones) is 1. The zero-order valence-corrected chi connectivity index (χ0v) is 16.3. The Morgan fingerprint density at radius 2 is 1.97 bits per heavy atom. The number of ether oxygens (including phenoxy) is 5. The summed E-state index contributed by atoms with van der Waals surface area (Å²) < 4.78 is 27.1. The third kappa shape index (κ3) is 4.03. The molecule has 2 heterocycles. The summed E-state index contributed by atoms with van der Waals surface area (Å²) >= 11 is 0. The molecule has 0 spiro atoms. The first-order chi connectivity index (χ1) is 14.2. The molecule has 2 aromatic carbocycles. The Hall–Kier alpha value is -3.48. The van der Waals surface area contributed by atoms with E-state index in [2.05, 4.69) is 11.9 Å². The molecule has 29 heavy (non-hydrogen) atoms. The zero-order valence-electron chi connectivity index (χ0n) is 16.3. The molecule has 2 aliphatic rings. The lowest BCUT2D eigenvalue weighted by molar-refractivity contribution is -0.129. The predicted molar refractivity (Wildman–Crippen MR) is 107 cm³/mol. The topological polar surface area (TPSA) is 75.6 Å². The Morgan fingerprint density at radius 3 is 2.79 bits per heavy atom. The maximum absolute atomic E-state index is 12.3. The zero-order chi connectivity index (χ0) is 20.2. The lowest BCUT2D eigenvalue weighted by atomic mass is 10.1. The molecule has 0 aliphatic carbocycles. The van der Waals surface area contributed by atoms with Crippen LogP contribution in [0, 0.1) is 0 Å². The largest absolute Gasteiger partial charge is 0.493 e. The number of benzene rings is 2. The van der Waals surface area contributed by atoms with E-state index in [-0.39, 0.29) is 18.4 Å². The molecule has 0 amide bonds. The highest BCUT2D eigenvalue weighted by atomic mass is 16.7. The summed E-state index contributed by atoms with van der Waals surface area (Å²) in [5.41, 5.74) is 1.61. The van der Waals surface area contributed by atoms with Crippen LogP contribution in [-0.4, -0.2) is 32.4 Å². The number of fused-ring (bicyclic) bond motifs is 1. The number of methoxy groups -OCH3 is 1. The van der Waals surface area contributed by atoms with E-state index < -0.39 is 5.97 Å². The van der Waals surface area contributed by atoms with Gasteiger partial charge in [-0.2, -0.15) is 0 Å². The highest BCUT2D eigenvalue weighted by molar-refractivity contribution is 6.13. The quantitative estimate of drug-likeness (QED) is 0.401. The normalized spacial score (nSPS) is 16.0. The standard InChI is InChI=1S/C22H21NO6/c1-3-4-9-26-17-7-5-14(11-19(17)25-2)10-16-22(24)29-21(23-16)15-6-8-18-20(12-15)28-13-27-18/h5-8,10-12H,3-4,9,13H2,1-2H3. The van der Waals surface area contributed by atoms with E-state index in [1.807, 2.05) is 12.1 Å². The fraction of sp³-hybridized carbons (Fsp3) is 0.273. The van der Waals surface area contributed by atoms with E-state index in [4.69, 9.17) is 23.7 Å². The number of carbonyl (C=O) groups is 1. The molecule has 150 valence electrons. The smallest absolute Gasteiger partial charge is 0.363 e. The van der Waals surface area contributed by atoms with Crippen molar-refractivity contribution in [2.45, 2.75) is 19.8 Å². The van der Waals surface area contributed by atoms with Crippen LogP contribution in [0.2, 0.25) is 0 Å². The van der Waals surface area contributed by atoms with Crippen molar-refractivity contribution in [3.8, 4) is 23.0 Å². The van der Waals surface area contributed by atoms with Gasteiger partial charge < -0.3 is 23.7 Å². The molecule has 0 unspecified atom stereocenters. The first-order valence-electron chi connectivity index (χ1n) is 9.41. The van der Waals surface area contributed by atoms with Crippen molar-refractivity contribution in [1.82, 2.24) is 0 Å². The molecule has 7 nitrogen and oxygen atoms in total. The minimum atomic E-state index is -0.514. The summed E-state index contributed by atoms with van der Waals surface area (Å²) in [5, 5.41) is 0. The van der Waals surface area contributed by atoms with Crippen LogP contribution in [-0.2, 0) is 9.53 Å². The molecule has 0 fully saturated rings. The minimum absolute atomic E-state index is 0.177. The number of hydrogen-bond donors (Lipinski definition) is 0. The second-order valence-electron chi connectivity index (χ2n) is 6.52. The van der Waals surface area contributed by atoms with E-state index in [1.165, 1.54) is 0 Å². The number of rotatable bonds is 7. The van der Waals surface area contributed by atoms with Gasteiger partial charge in [0.05, 0.1) is 13.7 Å². The van der Waals surface area contributed by atoms with Gasteiger partial charge in [0.2, 0.25) is 12.7 Å². The van der Waals surface area contributed by atoms with Crippen LogP contribution in [0.1, 0.15) is 30.9 Å². The third-order valence-corrected chi connectivity index (χ3v) is 4.49. The monoisotopic (exact) mass is 395 g/mol. The molecule has 7 heteroatoms. The Morgan fingerprint density at radius 1 is 1.10 bits per heavy atom. The molecule has 4 rings (SSSR count). The molecule has 0 radical (unpaired) electrons. The van der Waals surface area contributed by atoms with Crippen LogP contribution >= 0.6 is 0 Å². The van der Waals surface area contributed by atoms with Gasteiger partial charge in [0.1, 0.15) is 0 Å². The molecular formula is C22H21NO6. The van der Waals surface area contributed by atoms with Crippen LogP contribution in [0.15, 0.2) is 47.1 Å². The van der Waals surface area contributed by atoms with Crippen molar-refractivity contribution < 1.29 is 28.5 Å². The second-order valence-corrected chi connectivity index (χ2v) is 6.52. The highest BCUT2D eigenvalue weighted by Crippen LogP contribution is 2.34. The molecule has 0 aromatic heterocycles. The van der Waals surface area contributed by atoms with E-state index in [1.54, 1.807) is 37.5 Å². The second kappa shape index (κ2) is 8.26. The fourth-order valence-electron chi connectivity index (χ4n) is 2.94. The number of unbranched alkanes of at least 4 members (excludes halogenated alkanes) is 1. The summed E-state index contributed by atoms with van der Waals surface area (Å²) in [4.78, 5) is 16.6. The molecule has 2 aliphatic heterocycles. The van der Waals surface area contributed by atoms with Gasteiger partial charge >= 0.3 is 5.97 Å². The van der Waals surface area contributed by atoms with Gasteiger partial charge in [0.15, 0.2) is 28.7 Å². The highest BCUT2D eigenvalue weighted by Gasteiger charge is 2.26. The minimum Gasteiger partial charge on any atom is -0.493 e. The molecule has 0 atom stereocenters. The summed E-state index contributed by atoms with van der Waals surface area (Å²) in [7, 11) is 1.58. The number of aliphatic imine (C=N–C) groups is 1. The molecule has 0 N–H and O–H groups in total. The molecular weight excluding hydrogens is 374 g/mol. The summed E-state index contributed by atoms with van der Waals surface area (Å²) in [5.74, 6) is 2.24. The van der Waals surface area contributed by atoms with Gasteiger partial charge in [0.25, 0.3) is 0 Å². The van der Waals surface area contributed by atoms with Crippen LogP contribution in [0.25, 0.3) is 6.08 Å². The molecule has 0 saturated heterocycles. The first-order valence-corrected chi connectivity index (χ1v) is 9.41. The van der Waals surface area contributed by atoms with Gasteiger partial charge in [-0.1, -0.05) is 19.4 Å². The fourth-order valence-corrected chi connectivity index (χ4v) is 2.94. The molecule has 0 saturated carbocycles. The average Bonchev–Trinajstić information content (AvgIpc) is 3.35. The number of esters is 1. The Labute approximate surface area is 168 Å². The Kier molecular flexibility index (Phi) is 5.37. The molecule has 2 aromatic rings. The first kappa shape index (κ1) is 18.9. The van der Waals surface area contributed by atoms with E-state index in [0.29, 0.717) is 35.2 Å². The summed E-state index contributed by atoms with van der Waals surface area (Å²) in [6, 6.07) is 10.7. The molecule has 0 bridgehead atoms. The predicted octanol–water partition coefficient (Wildman–Crippen LogP) is 3.95. The summed E-state index contributed by atoms with van der Waals surface area (Å²) in [6.07, 6.45) is 3.68. The Bertz CT molecular complexity index is 995. The van der Waals surface area contributed by atoms with Crippen molar-refractivity contribution in [3.63, 3.8) is 0 Å². The van der Waals surface area contributed by atoms with Gasteiger partial charge in [0, 0.05) is 5.56 Å². The summed E-state index contributed by atoms with van der Waals surface area (Å²) in [6.45, 7) is 2.91. The van der Waals surface area contributed by atoms with Crippen LogP contribution in [0.3, 0.4) is 0 Å². The van der Waals surface area contributed by atoms with Crippen molar-refractivity contribution >= 4 is 17.9 Å². The van der Waals surface area contributed by atoms with Crippen molar-refractivity contribution in [1.29, 1.82) is 0 Å². The van der Waals surface area contributed by atoms with Crippen LogP contribution in [0.4, 0.5) is 0 Å². The van der Waals surface area contributed by atoms with Crippen LogP contribution in [0.5, 0.6) is 23.0 Å². The van der Waals surface area contributed by atoms with Crippen LogP contribution < -0.4 is 18.9 Å². The van der Waals surface area contributed by atoms with E-state index >= 15 is 0 Å². The average molecular weight is 395 g/mol. The maximum atomic E-state index is 12.3. The van der Waals surface area contributed by atoms with E-state index in [0.717, 1.165) is 18.4 Å². The van der Waals surface area contributed by atoms with Gasteiger partial charge in [-0.3, -0.25) is 0 Å².